The molecule has 3 aromatic rings. The molecule has 0 saturated heterocycles. The number of nitrogens with two attached hydrogens (primary N) is 1. The van der Waals surface area contributed by atoms with Crippen molar-refractivity contribution in [1.82, 2.24) is 0 Å². The van der Waals surface area contributed by atoms with Crippen molar-refractivity contribution in [3.05, 3.63) is 51.2 Å². The Morgan fingerprint density at radius 2 is 1.79 bits per heavy atom. The Labute approximate surface area is 169 Å². The summed E-state index contributed by atoms with van der Waals surface area (Å²) in [6, 6.07) is 9.39. The van der Waals surface area contributed by atoms with Gasteiger partial charge in [-0.3, -0.25) is 9.59 Å². The molecule has 2 aromatic heterocycles. The lowest BCUT2D eigenvalue weighted by Gasteiger charge is -2.18. The van der Waals surface area contributed by atoms with Gasteiger partial charge in [-0.15, -0.1) is 22.7 Å². The van der Waals surface area contributed by atoms with Crippen molar-refractivity contribution < 1.29 is 19.1 Å². The third kappa shape index (κ3) is 3.36. The summed E-state index contributed by atoms with van der Waals surface area (Å²) in [6.45, 7) is 4.79. The number of amides is 2. The highest BCUT2D eigenvalue weighted by Gasteiger charge is 2.20. The fourth-order valence-electron chi connectivity index (χ4n) is 2.99. The molecule has 3 heterocycles. The van der Waals surface area contributed by atoms with E-state index in [0.29, 0.717) is 34.4 Å². The first-order valence-electron chi connectivity index (χ1n) is 8.65. The Balaban J connectivity index is 1.57. The fraction of sp³-hybridized carbons (Fsp3) is 0.200. The van der Waals surface area contributed by atoms with Gasteiger partial charge < -0.3 is 20.5 Å². The molecule has 0 unspecified atom stereocenters. The third-order valence-electron chi connectivity index (χ3n) is 4.52. The molecule has 0 atom stereocenters. The molecule has 0 radical (unpaired) electrons. The number of ether oxygens (including phenoxy) is 2. The number of fused-ring (bicyclic) bond motifs is 1. The highest BCUT2D eigenvalue weighted by molar-refractivity contribution is 7.18. The zero-order valence-electron chi connectivity index (χ0n) is 15.3. The molecular weight excluding hydrogens is 396 g/mol. The average molecular weight is 415 g/mol. The molecule has 0 aliphatic carbocycles. The summed E-state index contributed by atoms with van der Waals surface area (Å²) in [6.07, 6.45) is 0. The molecule has 3 N–H and O–H groups in total. The monoisotopic (exact) mass is 414 g/mol. The first kappa shape index (κ1) is 18.5. The number of hydrogen-bond donors (Lipinski definition) is 2. The van der Waals surface area contributed by atoms with E-state index in [1.807, 2.05) is 38.1 Å². The Hall–Kier alpha value is -2.84. The topological polar surface area (TPSA) is 90.7 Å². The molecule has 1 aliphatic heterocycles. The van der Waals surface area contributed by atoms with Crippen LogP contribution in [0.3, 0.4) is 0 Å². The number of hydrogen-bond acceptors (Lipinski definition) is 6. The van der Waals surface area contributed by atoms with Gasteiger partial charge in [0.05, 0.1) is 10.4 Å². The van der Waals surface area contributed by atoms with Crippen LogP contribution in [0.2, 0.25) is 0 Å². The van der Waals surface area contributed by atoms with Crippen molar-refractivity contribution >= 4 is 39.5 Å². The van der Waals surface area contributed by atoms with Crippen LogP contribution in [0.4, 0.5) is 5.00 Å². The van der Waals surface area contributed by atoms with E-state index in [1.54, 1.807) is 6.07 Å². The number of aryl methyl sites for hydroxylation is 1. The molecule has 0 spiro atoms. The minimum Gasteiger partial charge on any atom is -0.486 e. The average Bonchev–Trinajstić information content (AvgIpc) is 3.27. The predicted molar refractivity (Wildman–Crippen MR) is 111 cm³/mol. The van der Waals surface area contributed by atoms with E-state index in [1.165, 1.54) is 22.7 Å². The van der Waals surface area contributed by atoms with Gasteiger partial charge in [-0.05, 0) is 55.3 Å². The summed E-state index contributed by atoms with van der Waals surface area (Å²) in [5.41, 5.74) is 7.60. The molecule has 8 heteroatoms. The molecule has 2 amide bonds. The van der Waals surface area contributed by atoms with Gasteiger partial charge in [0.1, 0.15) is 18.2 Å². The first-order valence-corrected chi connectivity index (χ1v) is 10.3. The molecule has 0 bridgehead atoms. The molecule has 1 aromatic carbocycles. The smallest absolute Gasteiger partial charge is 0.266 e. The second-order valence-corrected chi connectivity index (χ2v) is 8.64. The summed E-state index contributed by atoms with van der Waals surface area (Å²) >= 11 is 2.72. The van der Waals surface area contributed by atoms with Crippen LogP contribution in [0.15, 0.2) is 30.3 Å². The second-order valence-electron chi connectivity index (χ2n) is 6.33. The number of thiophene rings is 2. The van der Waals surface area contributed by atoms with Gasteiger partial charge in [0.15, 0.2) is 11.5 Å². The van der Waals surface area contributed by atoms with Crippen molar-refractivity contribution in [1.29, 1.82) is 0 Å². The molecule has 144 valence electrons. The lowest BCUT2D eigenvalue weighted by atomic mass is 10.1. The molecule has 1 aliphatic rings. The number of carbonyl (C=O) groups is 2. The van der Waals surface area contributed by atoms with Crippen molar-refractivity contribution in [2.24, 2.45) is 5.73 Å². The summed E-state index contributed by atoms with van der Waals surface area (Å²) in [4.78, 5) is 26.9. The summed E-state index contributed by atoms with van der Waals surface area (Å²) < 4.78 is 11.2. The maximum Gasteiger partial charge on any atom is 0.266 e. The van der Waals surface area contributed by atoms with Crippen LogP contribution in [-0.4, -0.2) is 25.0 Å². The van der Waals surface area contributed by atoms with Crippen LogP contribution >= 0.6 is 22.7 Å². The number of primary amides is 1. The van der Waals surface area contributed by atoms with Crippen LogP contribution in [0.25, 0.3) is 10.4 Å². The second kappa shape index (κ2) is 7.29. The summed E-state index contributed by atoms with van der Waals surface area (Å²) in [5.74, 6) is 0.628. The predicted octanol–water partition coefficient (Wildman–Crippen LogP) is 4.22. The fourth-order valence-corrected chi connectivity index (χ4v) is 4.95. The molecule has 0 fully saturated rings. The molecule has 4 rings (SSSR count). The summed E-state index contributed by atoms with van der Waals surface area (Å²) in [5, 5.41) is 3.32. The van der Waals surface area contributed by atoms with Gasteiger partial charge in [-0.2, -0.15) is 0 Å². The number of rotatable bonds is 4. The zero-order valence-corrected chi connectivity index (χ0v) is 17.0. The van der Waals surface area contributed by atoms with E-state index in [4.69, 9.17) is 15.2 Å². The molecule has 6 nitrogen and oxygen atoms in total. The maximum atomic E-state index is 12.7. The third-order valence-corrected chi connectivity index (χ3v) is 6.77. The van der Waals surface area contributed by atoms with Gasteiger partial charge in [0.25, 0.3) is 11.8 Å². The van der Waals surface area contributed by atoms with Crippen molar-refractivity contribution in [3.63, 3.8) is 0 Å². The normalized spacial score (nSPS) is 12.6. The van der Waals surface area contributed by atoms with Crippen molar-refractivity contribution in [3.8, 4) is 21.9 Å². The van der Waals surface area contributed by atoms with Crippen LogP contribution in [0, 0.1) is 13.8 Å². The number of anilines is 1. The van der Waals surface area contributed by atoms with Crippen LogP contribution in [0.5, 0.6) is 11.5 Å². The van der Waals surface area contributed by atoms with E-state index >= 15 is 0 Å². The standard InChI is InChI=1S/C20H18N2O4S2/c1-10-11(2)27-20(17(10)18(21)23)22-19(24)16-6-5-15(28-16)12-3-4-13-14(9-12)26-8-7-25-13/h3-6,9H,7-8H2,1-2H3,(H2,21,23)(H,22,24). The lowest BCUT2D eigenvalue weighted by molar-refractivity contribution is 0.100. The molecular formula is C20H18N2O4S2. The summed E-state index contributed by atoms with van der Waals surface area (Å²) in [7, 11) is 0. The van der Waals surface area contributed by atoms with E-state index in [9.17, 15) is 9.59 Å². The van der Waals surface area contributed by atoms with Gasteiger partial charge in [-0.25, -0.2) is 0 Å². The molecule has 0 saturated carbocycles. The van der Waals surface area contributed by atoms with E-state index < -0.39 is 5.91 Å². The van der Waals surface area contributed by atoms with Crippen molar-refractivity contribution in [2.75, 3.05) is 18.5 Å². The van der Waals surface area contributed by atoms with Gasteiger partial charge in [0, 0.05) is 9.75 Å². The number of benzene rings is 1. The van der Waals surface area contributed by atoms with E-state index in [0.717, 1.165) is 26.6 Å². The van der Waals surface area contributed by atoms with Crippen LogP contribution in [0.1, 0.15) is 30.5 Å². The zero-order chi connectivity index (χ0) is 19.8. The number of carbonyl (C=O) groups excluding carboxylic acids is 2. The van der Waals surface area contributed by atoms with Crippen LogP contribution in [-0.2, 0) is 0 Å². The van der Waals surface area contributed by atoms with Gasteiger partial charge in [0.2, 0.25) is 0 Å². The lowest BCUT2D eigenvalue weighted by Crippen LogP contribution is -2.16. The SMILES string of the molecule is Cc1sc(NC(=O)c2ccc(-c3ccc4c(c3)OCCO4)s2)c(C(N)=O)c1C. The first-order chi connectivity index (χ1) is 13.4. The van der Waals surface area contributed by atoms with Crippen molar-refractivity contribution in [2.45, 2.75) is 13.8 Å². The van der Waals surface area contributed by atoms with Gasteiger partial charge in [-0.1, -0.05) is 0 Å². The van der Waals surface area contributed by atoms with E-state index in [-0.39, 0.29) is 5.91 Å². The largest absolute Gasteiger partial charge is 0.486 e. The number of nitrogens with one attached hydrogen (secondary N) is 1. The Kier molecular flexibility index (Phi) is 4.82. The Morgan fingerprint density at radius 3 is 2.54 bits per heavy atom. The quantitative estimate of drug-likeness (QED) is 0.669. The molecule has 28 heavy (non-hydrogen) atoms. The maximum absolute atomic E-state index is 12.7. The Bertz CT molecular complexity index is 1080. The minimum absolute atomic E-state index is 0.266. The highest BCUT2D eigenvalue weighted by Crippen LogP contribution is 2.37. The highest BCUT2D eigenvalue weighted by atomic mass is 32.1. The van der Waals surface area contributed by atoms with E-state index in [2.05, 4.69) is 5.32 Å². The Morgan fingerprint density at radius 1 is 1.04 bits per heavy atom. The van der Waals surface area contributed by atoms with Crippen LogP contribution < -0.4 is 20.5 Å². The van der Waals surface area contributed by atoms with Gasteiger partial charge >= 0.3 is 0 Å². The minimum atomic E-state index is -0.541.